The van der Waals surface area contributed by atoms with Gasteiger partial charge in [0.15, 0.2) is 5.78 Å². The highest BCUT2D eigenvalue weighted by atomic mass is 32.1. The summed E-state index contributed by atoms with van der Waals surface area (Å²) < 4.78 is 5.38. The lowest BCUT2D eigenvalue weighted by Gasteiger charge is -2.37. The number of hydrogen-bond donors (Lipinski definition) is 1. The number of carbonyl (C=O) groups is 2. The van der Waals surface area contributed by atoms with Crippen LogP contribution in [0, 0.1) is 0 Å². The number of amides is 1. The minimum atomic E-state index is -0.245. The molecule has 1 aliphatic carbocycles. The minimum Gasteiger partial charge on any atom is -0.378 e. The largest absolute Gasteiger partial charge is 0.378 e. The van der Waals surface area contributed by atoms with Crippen LogP contribution in [0.1, 0.15) is 37.7 Å². The van der Waals surface area contributed by atoms with E-state index in [1.807, 2.05) is 23.3 Å². The standard InChI is InChI=1S/C19H22N2O3S/c1-12-16(19(23)21-6-8-24-9-7-21)17(13-5-10-25-11-13)18-14(20-12)3-2-4-15(18)22/h5,10-11,17,20H,2-4,6-9H2,1H3/t17-/m1/s1. The first-order valence-electron chi connectivity index (χ1n) is 8.80. The summed E-state index contributed by atoms with van der Waals surface area (Å²) in [7, 11) is 0. The molecule has 1 saturated heterocycles. The van der Waals surface area contributed by atoms with E-state index in [1.54, 1.807) is 11.3 Å². The summed E-state index contributed by atoms with van der Waals surface area (Å²) in [6.07, 6.45) is 2.32. The fourth-order valence-corrected chi connectivity index (χ4v) is 4.66. The van der Waals surface area contributed by atoms with Gasteiger partial charge in [-0.05, 0) is 42.2 Å². The Labute approximate surface area is 151 Å². The zero-order chi connectivity index (χ0) is 17.4. The van der Waals surface area contributed by atoms with Crippen LogP contribution in [0.3, 0.4) is 0 Å². The molecule has 0 spiro atoms. The highest BCUT2D eigenvalue weighted by Gasteiger charge is 2.39. The Bertz CT molecular complexity index is 758. The third-order valence-corrected chi connectivity index (χ3v) is 5.88. The number of nitrogens with zero attached hydrogens (tertiary/aromatic N) is 1. The molecule has 6 heteroatoms. The van der Waals surface area contributed by atoms with Crippen molar-refractivity contribution in [1.29, 1.82) is 0 Å². The van der Waals surface area contributed by atoms with E-state index >= 15 is 0 Å². The average Bonchev–Trinajstić information content (AvgIpc) is 3.15. The molecule has 3 heterocycles. The van der Waals surface area contributed by atoms with Gasteiger partial charge < -0.3 is 15.0 Å². The van der Waals surface area contributed by atoms with E-state index in [9.17, 15) is 9.59 Å². The molecule has 132 valence electrons. The number of carbonyl (C=O) groups excluding carboxylic acids is 2. The zero-order valence-corrected chi connectivity index (χ0v) is 15.2. The van der Waals surface area contributed by atoms with E-state index in [-0.39, 0.29) is 17.6 Å². The van der Waals surface area contributed by atoms with E-state index in [0.717, 1.165) is 35.4 Å². The van der Waals surface area contributed by atoms with Crippen LogP contribution < -0.4 is 5.32 Å². The molecule has 5 nitrogen and oxygen atoms in total. The summed E-state index contributed by atoms with van der Waals surface area (Å²) in [5, 5.41) is 7.44. The fourth-order valence-electron chi connectivity index (χ4n) is 3.98. The molecule has 25 heavy (non-hydrogen) atoms. The predicted octanol–water partition coefficient (Wildman–Crippen LogP) is 2.57. The maximum Gasteiger partial charge on any atom is 0.252 e. The van der Waals surface area contributed by atoms with Gasteiger partial charge in [0.05, 0.1) is 13.2 Å². The molecule has 0 radical (unpaired) electrons. The lowest BCUT2D eigenvalue weighted by molar-refractivity contribution is -0.131. The SMILES string of the molecule is CC1=C(C(=O)N2CCOCC2)[C@@H](c2ccsc2)C2=C(CCCC2=O)N1. The van der Waals surface area contributed by atoms with Crippen LogP contribution in [0.5, 0.6) is 0 Å². The Balaban J connectivity index is 1.78. The molecule has 4 rings (SSSR count). The Kier molecular flexibility index (Phi) is 4.48. The fraction of sp³-hybridized carbons (Fsp3) is 0.474. The van der Waals surface area contributed by atoms with Gasteiger partial charge in [-0.1, -0.05) is 0 Å². The highest BCUT2D eigenvalue weighted by molar-refractivity contribution is 7.08. The summed E-state index contributed by atoms with van der Waals surface area (Å²) >= 11 is 1.60. The van der Waals surface area contributed by atoms with Gasteiger partial charge in [-0.25, -0.2) is 0 Å². The second kappa shape index (κ2) is 6.77. The molecular formula is C19H22N2O3S. The quantitative estimate of drug-likeness (QED) is 0.883. The molecule has 1 aromatic heterocycles. The van der Waals surface area contributed by atoms with Crippen molar-refractivity contribution in [1.82, 2.24) is 10.2 Å². The van der Waals surface area contributed by atoms with Crippen molar-refractivity contribution in [2.75, 3.05) is 26.3 Å². The number of ether oxygens (including phenoxy) is 1. The molecule has 0 bridgehead atoms. The molecule has 0 unspecified atom stereocenters. The van der Waals surface area contributed by atoms with Gasteiger partial charge in [-0.2, -0.15) is 11.3 Å². The van der Waals surface area contributed by atoms with Crippen LogP contribution in [0.15, 0.2) is 39.4 Å². The molecule has 1 atom stereocenters. The summed E-state index contributed by atoms with van der Waals surface area (Å²) in [6.45, 7) is 4.30. The van der Waals surface area contributed by atoms with Crippen LogP contribution in [0.25, 0.3) is 0 Å². The van der Waals surface area contributed by atoms with Crippen LogP contribution in [-0.2, 0) is 14.3 Å². The first-order chi connectivity index (χ1) is 12.2. The van der Waals surface area contributed by atoms with Gasteiger partial charge in [0.1, 0.15) is 0 Å². The maximum absolute atomic E-state index is 13.3. The molecule has 2 aliphatic heterocycles. The van der Waals surface area contributed by atoms with Crippen molar-refractivity contribution in [3.05, 3.63) is 44.9 Å². The number of hydrogen-bond acceptors (Lipinski definition) is 5. The van der Waals surface area contributed by atoms with Crippen LogP contribution in [-0.4, -0.2) is 42.9 Å². The number of ketones is 1. The van der Waals surface area contributed by atoms with E-state index in [2.05, 4.69) is 10.7 Å². The van der Waals surface area contributed by atoms with E-state index in [1.165, 1.54) is 0 Å². The number of rotatable bonds is 2. The number of Topliss-reactive ketones (excluding diaryl/α,β-unsaturated/α-hetero) is 1. The van der Waals surface area contributed by atoms with Gasteiger partial charge in [-0.15, -0.1) is 0 Å². The number of morpholine rings is 1. The summed E-state index contributed by atoms with van der Waals surface area (Å²) in [4.78, 5) is 27.9. The van der Waals surface area contributed by atoms with Gasteiger partial charge in [0.2, 0.25) is 0 Å². The Morgan fingerprint density at radius 1 is 1.32 bits per heavy atom. The smallest absolute Gasteiger partial charge is 0.252 e. The van der Waals surface area contributed by atoms with Gasteiger partial charge in [-0.3, -0.25) is 9.59 Å². The van der Waals surface area contributed by atoms with Crippen molar-refractivity contribution in [2.24, 2.45) is 0 Å². The molecule has 1 N–H and O–H groups in total. The molecule has 0 aromatic carbocycles. The second-order valence-electron chi connectivity index (χ2n) is 6.73. The molecule has 3 aliphatic rings. The van der Waals surface area contributed by atoms with Gasteiger partial charge in [0.25, 0.3) is 5.91 Å². The van der Waals surface area contributed by atoms with Gasteiger partial charge in [0, 0.05) is 48.0 Å². The van der Waals surface area contributed by atoms with Crippen LogP contribution in [0.4, 0.5) is 0 Å². The summed E-state index contributed by atoms with van der Waals surface area (Å²) in [5.41, 5.74) is 4.44. The van der Waals surface area contributed by atoms with Crippen molar-refractivity contribution in [3.63, 3.8) is 0 Å². The lowest BCUT2D eigenvalue weighted by atomic mass is 9.75. The molecule has 1 fully saturated rings. The maximum atomic E-state index is 13.3. The Hall–Kier alpha value is -1.92. The van der Waals surface area contributed by atoms with E-state index < -0.39 is 0 Å². The third-order valence-electron chi connectivity index (χ3n) is 5.18. The number of thiophene rings is 1. The molecule has 0 saturated carbocycles. The summed E-state index contributed by atoms with van der Waals surface area (Å²) in [5.74, 6) is -0.0511. The Morgan fingerprint density at radius 2 is 2.12 bits per heavy atom. The van der Waals surface area contributed by atoms with E-state index in [0.29, 0.717) is 38.3 Å². The number of nitrogens with one attached hydrogen (secondary N) is 1. The van der Waals surface area contributed by atoms with Crippen molar-refractivity contribution < 1.29 is 14.3 Å². The topological polar surface area (TPSA) is 58.6 Å². The highest BCUT2D eigenvalue weighted by Crippen LogP contribution is 2.43. The molecule has 1 amide bonds. The zero-order valence-electron chi connectivity index (χ0n) is 14.3. The first kappa shape index (κ1) is 16.5. The average molecular weight is 358 g/mol. The van der Waals surface area contributed by atoms with Crippen LogP contribution >= 0.6 is 11.3 Å². The van der Waals surface area contributed by atoms with Crippen molar-refractivity contribution in [2.45, 2.75) is 32.1 Å². The lowest BCUT2D eigenvalue weighted by Crippen LogP contribution is -2.44. The van der Waals surface area contributed by atoms with Crippen molar-refractivity contribution >= 4 is 23.0 Å². The van der Waals surface area contributed by atoms with Crippen molar-refractivity contribution in [3.8, 4) is 0 Å². The van der Waals surface area contributed by atoms with E-state index in [4.69, 9.17) is 4.74 Å². The molecular weight excluding hydrogens is 336 g/mol. The minimum absolute atomic E-state index is 0.0226. The predicted molar refractivity (Wildman–Crippen MR) is 96.2 cm³/mol. The van der Waals surface area contributed by atoms with Gasteiger partial charge >= 0.3 is 0 Å². The monoisotopic (exact) mass is 358 g/mol. The number of allylic oxidation sites excluding steroid dienone is 3. The first-order valence-corrected chi connectivity index (χ1v) is 9.74. The number of dihydropyridines is 1. The normalized spacial score (nSPS) is 24.3. The second-order valence-corrected chi connectivity index (χ2v) is 7.51. The van der Waals surface area contributed by atoms with Crippen LogP contribution in [0.2, 0.25) is 0 Å². The summed E-state index contributed by atoms with van der Waals surface area (Å²) in [6, 6.07) is 2.03. The Morgan fingerprint density at radius 3 is 2.84 bits per heavy atom. The third kappa shape index (κ3) is 2.93. The molecule has 1 aromatic rings.